The van der Waals surface area contributed by atoms with Gasteiger partial charge in [-0.2, -0.15) is 5.26 Å². The molecule has 1 aliphatic heterocycles. The molecular weight excluding hydrogens is 248 g/mol. The maximum absolute atomic E-state index is 12.3. The van der Waals surface area contributed by atoms with Gasteiger partial charge in [-0.25, -0.2) is 0 Å². The van der Waals surface area contributed by atoms with Gasteiger partial charge in [0.1, 0.15) is 0 Å². The fourth-order valence-electron chi connectivity index (χ4n) is 2.12. The van der Waals surface area contributed by atoms with Crippen LogP contribution in [0.25, 0.3) is 0 Å². The van der Waals surface area contributed by atoms with E-state index in [0.717, 1.165) is 12.8 Å². The lowest BCUT2D eigenvalue weighted by molar-refractivity contribution is 0.0662. The molecule has 0 radical (unpaired) electrons. The van der Waals surface area contributed by atoms with Crippen molar-refractivity contribution >= 4 is 17.5 Å². The third kappa shape index (κ3) is 2.49. The topological polar surface area (TPSA) is 44.1 Å². The standard InChI is InChI=1S/C14H15ClN2O/c1-14(10-16)6-8-17(9-7-14)13(18)11-4-2-3-5-12(11)15/h2-5H,6-9H2,1H3. The fourth-order valence-corrected chi connectivity index (χ4v) is 2.34. The molecule has 0 aromatic heterocycles. The van der Waals surface area contributed by atoms with E-state index in [1.54, 1.807) is 17.0 Å². The minimum absolute atomic E-state index is 0.0411. The van der Waals surface area contributed by atoms with Crippen molar-refractivity contribution in [2.45, 2.75) is 19.8 Å². The molecule has 94 valence electrons. The molecule has 1 amide bonds. The molecule has 0 unspecified atom stereocenters. The van der Waals surface area contributed by atoms with Gasteiger partial charge in [-0.15, -0.1) is 0 Å². The minimum Gasteiger partial charge on any atom is -0.338 e. The zero-order chi connectivity index (χ0) is 13.2. The van der Waals surface area contributed by atoms with Crippen LogP contribution in [0.1, 0.15) is 30.1 Å². The number of carbonyl (C=O) groups is 1. The Morgan fingerprint density at radius 2 is 2.00 bits per heavy atom. The second kappa shape index (κ2) is 4.99. The Morgan fingerprint density at radius 1 is 1.39 bits per heavy atom. The minimum atomic E-state index is -0.294. The van der Waals surface area contributed by atoms with Crippen LogP contribution >= 0.6 is 11.6 Å². The Labute approximate surface area is 112 Å². The van der Waals surface area contributed by atoms with Crippen LogP contribution in [0.15, 0.2) is 24.3 Å². The van der Waals surface area contributed by atoms with Gasteiger partial charge in [-0.05, 0) is 31.9 Å². The zero-order valence-corrected chi connectivity index (χ0v) is 11.1. The lowest BCUT2D eigenvalue weighted by atomic mass is 9.82. The molecule has 0 N–H and O–H groups in total. The monoisotopic (exact) mass is 262 g/mol. The smallest absolute Gasteiger partial charge is 0.255 e. The highest BCUT2D eigenvalue weighted by molar-refractivity contribution is 6.33. The van der Waals surface area contributed by atoms with Crippen LogP contribution in [0.5, 0.6) is 0 Å². The maximum Gasteiger partial charge on any atom is 0.255 e. The molecular formula is C14H15ClN2O. The number of benzene rings is 1. The van der Waals surface area contributed by atoms with E-state index in [2.05, 4.69) is 6.07 Å². The van der Waals surface area contributed by atoms with Gasteiger partial charge in [0, 0.05) is 13.1 Å². The first-order valence-electron chi connectivity index (χ1n) is 6.01. The molecule has 1 aromatic carbocycles. The number of piperidine rings is 1. The van der Waals surface area contributed by atoms with E-state index >= 15 is 0 Å². The number of nitrogens with zero attached hydrogens (tertiary/aromatic N) is 2. The normalized spacial score (nSPS) is 18.2. The van der Waals surface area contributed by atoms with Crippen LogP contribution in [0.4, 0.5) is 0 Å². The van der Waals surface area contributed by atoms with Gasteiger partial charge in [-0.3, -0.25) is 4.79 Å². The fraction of sp³-hybridized carbons (Fsp3) is 0.429. The molecule has 1 heterocycles. The van der Waals surface area contributed by atoms with Crippen molar-refractivity contribution in [2.24, 2.45) is 5.41 Å². The van der Waals surface area contributed by atoms with E-state index in [1.807, 2.05) is 19.1 Å². The summed E-state index contributed by atoms with van der Waals surface area (Å²) in [4.78, 5) is 14.1. The highest BCUT2D eigenvalue weighted by Crippen LogP contribution is 2.30. The van der Waals surface area contributed by atoms with Crippen LogP contribution in [0.3, 0.4) is 0 Å². The van der Waals surface area contributed by atoms with Gasteiger partial charge in [0.2, 0.25) is 0 Å². The zero-order valence-electron chi connectivity index (χ0n) is 10.3. The van der Waals surface area contributed by atoms with Gasteiger partial charge in [0.25, 0.3) is 5.91 Å². The molecule has 1 aromatic rings. The summed E-state index contributed by atoms with van der Waals surface area (Å²) < 4.78 is 0. The van der Waals surface area contributed by atoms with Crippen molar-refractivity contribution in [3.05, 3.63) is 34.9 Å². The number of halogens is 1. The molecule has 3 nitrogen and oxygen atoms in total. The van der Waals surface area contributed by atoms with E-state index in [1.165, 1.54) is 0 Å². The Kier molecular flexibility index (Phi) is 3.58. The predicted molar refractivity (Wildman–Crippen MR) is 70.3 cm³/mol. The average molecular weight is 263 g/mol. The summed E-state index contributed by atoms with van der Waals surface area (Å²) in [6, 6.07) is 9.40. The van der Waals surface area contributed by atoms with Gasteiger partial charge < -0.3 is 4.90 Å². The number of hydrogen-bond donors (Lipinski definition) is 0. The third-order valence-electron chi connectivity index (χ3n) is 3.53. The molecule has 0 aliphatic carbocycles. The quantitative estimate of drug-likeness (QED) is 0.781. The van der Waals surface area contributed by atoms with E-state index in [9.17, 15) is 4.79 Å². The molecule has 18 heavy (non-hydrogen) atoms. The summed E-state index contributed by atoms with van der Waals surface area (Å²) >= 11 is 6.02. The van der Waals surface area contributed by atoms with Crippen molar-refractivity contribution in [1.29, 1.82) is 5.26 Å². The number of carbonyl (C=O) groups excluding carboxylic acids is 1. The van der Waals surface area contributed by atoms with E-state index in [0.29, 0.717) is 23.7 Å². The lowest BCUT2D eigenvalue weighted by Crippen LogP contribution is -2.41. The van der Waals surface area contributed by atoms with Gasteiger partial charge in [-0.1, -0.05) is 23.7 Å². The first-order valence-corrected chi connectivity index (χ1v) is 6.39. The highest BCUT2D eigenvalue weighted by Gasteiger charge is 2.32. The Hall–Kier alpha value is -1.53. The summed E-state index contributed by atoms with van der Waals surface area (Å²) in [5.74, 6) is -0.0411. The van der Waals surface area contributed by atoms with Crippen LogP contribution in [-0.2, 0) is 0 Å². The SMILES string of the molecule is CC1(C#N)CCN(C(=O)c2ccccc2Cl)CC1. The summed E-state index contributed by atoms with van der Waals surface area (Å²) in [6.07, 6.45) is 1.44. The van der Waals surface area contributed by atoms with Crippen molar-refractivity contribution in [1.82, 2.24) is 4.90 Å². The summed E-state index contributed by atoms with van der Waals surface area (Å²) in [6.45, 7) is 3.19. The predicted octanol–water partition coefficient (Wildman–Crippen LogP) is 3.11. The van der Waals surface area contributed by atoms with Gasteiger partial charge in [0.15, 0.2) is 0 Å². The largest absolute Gasteiger partial charge is 0.338 e. The number of amides is 1. The number of hydrogen-bond acceptors (Lipinski definition) is 2. The lowest BCUT2D eigenvalue weighted by Gasteiger charge is -2.35. The van der Waals surface area contributed by atoms with Crippen LogP contribution < -0.4 is 0 Å². The van der Waals surface area contributed by atoms with Crippen LogP contribution in [0, 0.1) is 16.7 Å². The maximum atomic E-state index is 12.3. The summed E-state index contributed by atoms with van der Waals surface area (Å²) in [5.41, 5.74) is 0.247. The third-order valence-corrected chi connectivity index (χ3v) is 3.86. The number of likely N-dealkylation sites (tertiary alicyclic amines) is 1. The first-order chi connectivity index (χ1) is 8.56. The molecule has 1 saturated heterocycles. The average Bonchev–Trinajstić information content (AvgIpc) is 2.39. The molecule has 1 fully saturated rings. The molecule has 1 aliphatic rings. The molecule has 0 bridgehead atoms. The number of nitriles is 1. The van der Waals surface area contributed by atoms with Crippen molar-refractivity contribution in [2.75, 3.05) is 13.1 Å². The van der Waals surface area contributed by atoms with Gasteiger partial charge in [0.05, 0.1) is 22.1 Å². The van der Waals surface area contributed by atoms with Gasteiger partial charge >= 0.3 is 0 Å². The van der Waals surface area contributed by atoms with Crippen molar-refractivity contribution in [3.8, 4) is 6.07 Å². The summed E-state index contributed by atoms with van der Waals surface area (Å²) in [5, 5.41) is 9.54. The second-order valence-corrected chi connectivity index (χ2v) is 5.35. The van der Waals surface area contributed by atoms with Crippen molar-refractivity contribution in [3.63, 3.8) is 0 Å². The molecule has 0 spiro atoms. The van der Waals surface area contributed by atoms with Crippen molar-refractivity contribution < 1.29 is 4.79 Å². The Bertz CT molecular complexity index is 499. The Balaban J connectivity index is 2.10. The summed E-state index contributed by atoms with van der Waals surface area (Å²) in [7, 11) is 0. The Morgan fingerprint density at radius 3 is 2.56 bits per heavy atom. The first kappa shape index (κ1) is 12.9. The van der Waals surface area contributed by atoms with E-state index in [-0.39, 0.29) is 11.3 Å². The second-order valence-electron chi connectivity index (χ2n) is 4.94. The molecule has 0 saturated carbocycles. The molecule has 2 rings (SSSR count). The van der Waals surface area contributed by atoms with Crippen LogP contribution in [-0.4, -0.2) is 23.9 Å². The number of rotatable bonds is 1. The highest BCUT2D eigenvalue weighted by atomic mass is 35.5. The molecule has 4 heteroatoms. The van der Waals surface area contributed by atoms with Crippen LogP contribution in [0.2, 0.25) is 5.02 Å². The van der Waals surface area contributed by atoms with E-state index < -0.39 is 0 Å². The molecule has 0 atom stereocenters. The van der Waals surface area contributed by atoms with E-state index in [4.69, 9.17) is 16.9 Å².